The van der Waals surface area contributed by atoms with Gasteiger partial charge in [-0.1, -0.05) is 0 Å². The lowest BCUT2D eigenvalue weighted by Crippen LogP contribution is -1.95. The van der Waals surface area contributed by atoms with Crippen molar-refractivity contribution in [1.82, 2.24) is 0 Å². The Balaban J connectivity index is 3.20. The number of nitrogens with zero attached hydrogens (tertiary/aromatic N) is 3. The Bertz CT molecular complexity index is 592. The number of nitro benzene ring substituents is 1. The molecule has 0 saturated heterocycles. The third-order valence-corrected chi connectivity index (χ3v) is 2.04. The molecule has 0 aromatic heterocycles. The SMILES string of the molecule is Cc1cc(NC=C(C#N)C#N)c(O)c([N+](=O)[O-])c1. The van der Waals surface area contributed by atoms with Crippen LogP contribution >= 0.6 is 0 Å². The number of benzene rings is 1. The zero-order chi connectivity index (χ0) is 13.7. The van der Waals surface area contributed by atoms with Gasteiger partial charge in [0, 0.05) is 12.3 Å². The molecule has 90 valence electrons. The van der Waals surface area contributed by atoms with Crippen LogP contribution in [0, 0.1) is 39.7 Å². The van der Waals surface area contributed by atoms with Gasteiger partial charge in [-0.15, -0.1) is 0 Å². The van der Waals surface area contributed by atoms with Gasteiger partial charge >= 0.3 is 5.69 Å². The maximum atomic E-state index is 10.7. The van der Waals surface area contributed by atoms with Gasteiger partial charge in [0.05, 0.1) is 10.6 Å². The topological polar surface area (TPSA) is 123 Å². The quantitative estimate of drug-likeness (QED) is 0.362. The monoisotopic (exact) mass is 244 g/mol. The normalized spacial score (nSPS) is 8.83. The number of aryl methyl sites for hydroxylation is 1. The first-order chi connectivity index (χ1) is 8.49. The second kappa shape index (κ2) is 5.32. The van der Waals surface area contributed by atoms with E-state index in [4.69, 9.17) is 10.5 Å². The van der Waals surface area contributed by atoms with E-state index >= 15 is 0 Å². The fourth-order valence-electron chi connectivity index (χ4n) is 1.25. The molecule has 0 amide bonds. The Morgan fingerprint density at radius 2 is 2.11 bits per heavy atom. The molecule has 18 heavy (non-hydrogen) atoms. The van der Waals surface area contributed by atoms with Crippen LogP contribution in [0.2, 0.25) is 0 Å². The Morgan fingerprint density at radius 1 is 1.50 bits per heavy atom. The van der Waals surface area contributed by atoms with Gasteiger partial charge in [0.15, 0.2) is 0 Å². The zero-order valence-corrected chi connectivity index (χ0v) is 9.34. The number of anilines is 1. The number of nitrogens with one attached hydrogen (secondary N) is 1. The number of phenolic OH excluding ortho intramolecular Hbond substituents is 1. The summed E-state index contributed by atoms with van der Waals surface area (Å²) in [4.78, 5) is 9.96. The second-order valence-corrected chi connectivity index (χ2v) is 3.36. The van der Waals surface area contributed by atoms with E-state index in [1.54, 1.807) is 19.1 Å². The van der Waals surface area contributed by atoms with E-state index in [-0.39, 0.29) is 11.3 Å². The lowest BCUT2D eigenvalue weighted by Gasteiger charge is -2.06. The highest BCUT2D eigenvalue weighted by molar-refractivity contribution is 5.68. The van der Waals surface area contributed by atoms with Gasteiger partial charge in [0.2, 0.25) is 5.75 Å². The average Bonchev–Trinajstić information content (AvgIpc) is 2.33. The van der Waals surface area contributed by atoms with Crippen LogP contribution in [0.5, 0.6) is 5.75 Å². The van der Waals surface area contributed by atoms with Crippen molar-refractivity contribution >= 4 is 11.4 Å². The van der Waals surface area contributed by atoms with Gasteiger partial charge in [0.25, 0.3) is 0 Å². The minimum Gasteiger partial charge on any atom is -0.501 e. The molecule has 0 radical (unpaired) electrons. The Labute approximate surface area is 102 Å². The van der Waals surface area contributed by atoms with Gasteiger partial charge in [-0.2, -0.15) is 10.5 Å². The molecule has 1 aromatic rings. The predicted molar refractivity (Wildman–Crippen MR) is 62.4 cm³/mol. The third kappa shape index (κ3) is 2.74. The molecule has 1 rings (SSSR count). The van der Waals surface area contributed by atoms with Crippen LogP contribution in [0.15, 0.2) is 23.9 Å². The highest BCUT2D eigenvalue weighted by atomic mass is 16.6. The largest absolute Gasteiger partial charge is 0.501 e. The molecule has 7 nitrogen and oxygen atoms in total. The lowest BCUT2D eigenvalue weighted by atomic mass is 10.1. The highest BCUT2D eigenvalue weighted by Crippen LogP contribution is 2.35. The molecular formula is C11H8N4O3. The number of phenols is 1. The molecule has 0 unspecified atom stereocenters. The molecule has 0 heterocycles. The van der Waals surface area contributed by atoms with Crippen LogP contribution in [0.4, 0.5) is 11.4 Å². The smallest absolute Gasteiger partial charge is 0.313 e. The molecule has 2 N–H and O–H groups in total. The van der Waals surface area contributed by atoms with Crippen molar-refractivity contribution in [1.29, 1.82) is 10.5 Å². The summed E-state index contributed by atoms with van der Waals surface area (Å²) in [7, 11) is 0. The van der Waals surface area contributed by atoms with Gasteiger partial charge < -0.3 is 10.4 Å². The maximum Gasteiger partial charge on any atom is 0.313 e. The van der Waals surface area contributed by atoms with E-state index in [0.29, 0.717) is 5.56 Å². The number of rotatable bonds is 3. The van der Waals surface area contributed by atoms with Gasteiger partial charge in [-0.25, -0.2) is 0 Å². The number of nitro groups is 1. The van der Waals surface area contributed by atoms with Crippen molar-refractivity contribution in [3.8, 4) is 17.9 Å². The van der Waals surface area contributed by atoms with Crippen LogP contribution in [-0.2, 0) is 0 Å². The first-order valence-electron chi connectivity index (χ1n) is 4.74. The van der Waals surface area contributed by atoms with Gasteiger partial charge in [-0.3, -0.25) is 10.1 Å². The zero-order valence-electron chi connectivity index (χ0n) is 9.34. The average molecular weight is 244 g/mol. The minimum absolute atomic E-state index is 0.0599. The van der Waals surface area contributed by atoms with Crippen molar-refractivity contribution in [3.05, 3.63) is 39.6 Å². The van der Waals surface area contributed by atoms with Crippen molar-refractivity contribution in [2.75, 3.05) is 5.32 Å². The van der Waals surface area contributed by atoms with Crippen LogP contribution in [0.25, 0.3) is 0 Å². The lowest BCUT2D eigenvalue weighted by molar-refractivity contribution is -0.385. The molecule has 0 aliphatic carbocycles. The van der Waals surface area contributed by atoms with Crippen molar-refractivity contribution in [2.45, 2.75) is 6.92 Å². The van der Waals surface area contributed by atoms with Crippen LogP contribution in [0.3, 0.4) is 0 Å². The maximum absolute atomic E-state index is 10.7. The molecule has 0 atom stereocenters. The third-order valence-electron chi connectivity index (χ3n) is 2.04. The number of aromatic hydroxyl groups is 1. The summed E-state index contributed by atoms with van der Waals surface area (Å²) in [5.74, 6) is -0.544. The molecule has 1 aromatic carbocycles. The summed E-state index contributed by atoms with van der Waals surface area (Å²) in [5, 5.41) is 39.8. The molecule has 0 bridgehead atoms. The minimum atomic E-state index is -0.716. The van der Waals surface area contributed by atoms with Gasteiger partial charge in [0.1, 0.15) is 17.7 Å². The second-order valence-electron chi connectivity index (χ2n) is 3.36. The van der Waals surface area contributed by atoms with Crippen LogP contribution in [0.1, 0.15) is 5.56 Å². The molecule has 0 aliphatic rings. The van der Waals surface area contributed by atoms with Crippen molar-refractivity contribution in [2.24, 2.45) is 0 Å². The molecule has 0 saturated carbocycles. The molecule has 0 aliphatic heterocycles. The number of hydrogen-bond acceptors (Lipinski definition) is 6. The first kappa shape index (κ1) is 13.0. The fraction of sp³-hybridized carbons (Fsp3) is 0.0909. The molecule has 7 heteroatoms. The summed E-state index contributed by atoms with van der Waals surface area (Å²) >= 11 is 0. The summed E-state index contributed by atoms with van der Waals surface area (Å²) in [6.45, 7) is 1.62. The van der Waals surface area contributed by atoms with E-state index < -0.39 is 16.4 Å². The standard InChI is InChI=1S/C11H8N4O3/c1-7-2-9(14-6-8(4-12)5-13)11(16)10(3-7)15(17)18/h2-3,6,14,16H,1H3. The van der Waals surface area contributed by atoms with Crippen molar-refractivity contribution in [3.63, 3.8) is 0 Å². The van der Waals surface area contributed by atoms with Crippen LogP contribution < -0.4 is 5.32 Å². The summed E-state index contributed by atoms with van der Waals surface area (Å²) in [6.07, 6.45) is 1.07. The highest BCUT2D eigenvalue weighted by Gasteiger charge is 2.17. The Morgan fingerprint density at radius 3 is 2.61 bits per heavy atom. The van der Waals surface area contributed by atoms with Crippen molar-refractivity contribution < 1.29 is 10.0 Å². The van der Waals surface area contributed by atoms with Gasteiger partial charge in [-0.05, 0) is 18.6 Å². The summed E-state index contributed by atoms with van der Waals surface area (Å²) in [6, 6.07) is 5.92. The molecule has 0 spiro atoms. The van der Waals surface area contributed by atoms with E-state index in [2.05, 4.69) is 5.32 Å². The first-order valence-corrected chi connectivity index (χ1v) is 4.74. The van der Waals surface area contributed by atoms with E-state index in [9.17, 15) is 15.2 Å². The van der Waals surface area contributed by atoms with Crippen LogP contribution in [-0.4, -0.2) is 10.0 Å². The van der Waals surface area contributed by atoms with E-state index in [1.165, 1.54) is 12.1 Å². The predicted octanol–water partition coefficient (Wildman–Crippen LogP) is 1.95. The molecule has 0 fully saturated rings. The Kier molecular flexibility index (Phi) is 3.85. The number of hydrogen-bond donors (Lipinski definition) is 2. The number of nitriles is 2. The van der Waals surface area contributed by atoms with E-state index in [0.717, 1.165) is 6.20 Å². The van der Waals surface area contributed by atoms with E-state index in [1.807, 2.05) is 0 Å². The summed E-state index contributed by atoms with van der Waals surface area (Å²) in [5.41, 5.74) is -0.0320. The fourth-order valence-corrected chi connectivity index (χ4v) is 1.25. The Hall–Kier alpha value is -3.06. The number of allylic oxidation sites excluding steroid dienone is 1. The summed E-state index contributed by atoms with van der Waals surface area (Å²) < 4.78 is 0. The molecular weight excluding hydrogens is 236 g/mol.